The standard InChI is InChI=1S/C13H15FO5/c1-3-18-12(16)13(2,17)8-11(15)19-10-6-4-9(14)5-7-10/h4-7,17H,3,8H2,1-2H3. The van der Waals surface area contributed by atoms with Crippen LogP contribution < -0.4 is 4.74 Å². The van der Waals surface area contributed by atoms with Gasteiger partial charge in [0.1, 0.15) is 11.6 Å². The van der Waals surface area contributed by atoms with Crippen molar-refractivity contribution in [2.75, 3.05) is 6.61 Å². The highest BCUT2D eigenvalue weighted by molar-refractivity contribution is 5.85. The molecule has 104 valence electrons. The van der Waals surface area contributed by atoms with Crippen molar-refractivity contribution in [1.29, 1.82) is 0 Å². The molecule has 0 fully saturated rings. The zero-order chi connectivity index (χ0) is 14.5. The highest BCUT2D eigenvalue weighted by atomic mass is 19.1. The summed E-state index contributed by atoms with van der Waals surface area (Å²) in [7, 11) is 0. The van der Waals surface area contributed by atoms with Crippen LogP contribution in [0.25, 0.3) is 0 Å². The van der Waals surface area contributed by atoms with Crippen molar-refractivity contribution in [3.8, 4) is 5.75 Å². The second-order valence-electron chi connectivity index (χ2n) is 4.10. The lowest BCUT2D eigenvalue weighted by Gasteiger charge is -2.19. The molecular weight excluding hydrogens is 255 g/mol. The first-order chi connectivity index (χ1) is 8.85. The first-order valence-corrected chi connectivity index (χ1v) is 5.71. The van der Waals surface area contributed by atoms with Gasteiger partial charge < -0.3 is 14.6 Å². The highest BCUT2D eigenvalue weighted by Crippen LogP contribution is 2.16. The Hall–Kier alpha value is -1.95. The molecule has 0 radical (unpaired) electrons. The van der Waals surface area contributed by atoms with Gasteiger partial charge in [-0.15, -0.1) is 0 Å². The third kappa shape index (κ3) is 4.67. The topological polar surface area (TPSA) is 72.8 Å². The number of halogens is 1. The molecule has 1 N–H and O–H groups in total. The van der Waals surface area contributed by atoms with Gasteiger partial charge in [0, 0.05) is 0 Å². The third-order valence-corrected chi connectivity index (χ3v) is 2.25. The highest BCUT2D eigenvalue weighted by Gasteiger charge is 2.35. The summed E-state index contributed by atoms with van der Waals surface area (Å²) in [5.41, 5.74) is -1.95. The Kier molecular flexibility index (Phi) is 5.00. The molecule has 0 saturated heterocycles. The van der Waals surface area contributed by atoms with Crippen molar-refractivity contribution in [2.45, 2.75) is 25.9 Å². The minimum atomic E-state index is -1.95. The van der Waals surface area contributed by atoms with E-state index in [1.54, 1.807) is 6.92 Å². The van der Waals surface area contributed by atoms with Crippen LogP contribution in [-0.4, -0.2) is 29.3 Å². The van der Waals surface area contributed by atoms with Crippen LogP contribution in [0.4, 0.5) is 4.39 Å². The molecule has 0 amide bonds. The lowest BCUT2D eigenvalue weighted by molar-refractivity contribution is -0.167. The Morgan fingerprint density at radius 1 is 1.32 bits per heavy atom. The van der Waals surface area contributed by atoms with E-state index < -0.39 is 29.8 Å². The summed E-state index contributed by atoms with van der Waals surface area (Å²) >= 11 is 0. The molecule has 1 aromatic carbocycles. The van der Waals surface area contributed by atoms with Crippen molar-refractivity contribution < 1.29 is 28.6 Å². The van der Waals surface area contributed by atoms with E-state index in [1.165, 1.54) is 12.1 Å². The number of benzene rings is 1. The van der Waals surface area contributed by atoms with Crippen LogP contribution in [0, 0.1) is 5.82 Å². The van der Waals surface area contributed by atoms with E-state index in [-0.39, 0.29) is 12.4 Å². The van der Waals surface area contributed by atoms with Gasteiger partial charge in [-0.2, -0.15) is 0 Å². The van der Waals surface area contributed by atoms with Crippen molar-refractivity contribution >= 4 is 11.9 Å². The minimum absolute atomic E-state index is 0.0992. The monoisotopic (exact) mass is 270 g/mol. The number of hydrogen-bond acceptors (Lipinski definition) is 5. The van der Waals surface area contributed by atoms with Crippen molar-refractivity contribution in [1.82, 2.24) is 0 Å². The maximum Gasteiger partial charge on any atom is 0.338 e. The molecule has 0 aliphatic rings. The molecule has 0 spiro atoms. The Labute approximate surface area is 109 Å². The van der Waals surface area contributed by atoms with Gasteiger partial charge in [-0.25, -0.2) is 9.18 Å². The number of carbonyl (C=O) groups excluding carboxylic acids is 2. The number of rotatable bonds is 5. The number of hydrogen-bond donors (Lipinski definition) is 1. The second-order valence-corrected chi connectivity index (χ2v) is 4.10. The van der Waals surface area contributed by atoms with Gasteiger partial charge in [-0.3, -0.25) is 4.79 Å². The van der Waals surface area contributed by atoms with E-state index in [1.807, 2.05) is 0 Å². The fourth-order valence-corrected chi connectivity index (χ4v) is 1.31. The summed E-state index contributed by atoms with van der Waals surface area (Å²) in [6, 6.07) is 4.80. The van der Waals surface area contributed by atoms with Crippen LogP contribution in [0.5, 0.6) is 5.75 Å². The third-order valence-electron chi connectivity index (χ3n) is 2.25. The van der Waals surface area contributed by atoms with E-state index in [9.17, 15) is 19.1 Å². The number of ether oxygens (including phenoxy) is 2. The van der Waals surface area contributed by atoms with Crippen molar-refractivity contribution in [3.05, 3.63) is 30.1 Å². The Morgan fingerprint density at radius 2 is 1.89 bits per heavy atom. The van der Waals surface area contributed by atoms with E-state index in [4.69, 9.17) is 4.74 Å². The van der Waals surface area contributed by atoms with E-state index in [0.717, 1.165) is 19.1 Å². The van der Waals surface area contributed by atoms with Crippen LogP contribution in [0.1, 0.15) is 20.3 Å². The predicted molar refractivity (Wildman–Crippen MR) is 63.9 cm³/mol. The summed E-state index contributed by atoms with van der Waals surface area (Å²) < 4.78 is 22.1. The predicted octanol–water partition coefficient (Wildman–Crippen LogP) is 1.44. The molecule has 1 rings (SSSR count). The number of esters is 2. The largest absolute Gasteiger partial charge is 0.464 e. The SMILES string of the molecule is CCOC(=O)C(C)(O)CC(=O)Oc1ccc(F)cc1. The number of aliphatic hydroxyl groups is 1. The van der Waals surface area contributed by atoms with Crippen molar-refractivity contribution in [3.63, 3.8) is 0 Å². The van der Waals surface area contributed by atoms with Crippen LogP contribution in [0.15, 0.2) is 24.3 Å². The maximum atomic E-state index is 12.6. The van der Waals surface area contributed by atoms with Gasteiger partial charge in [-0.1, -0.05) is 0 Å². The summed E-state index contributed by atoms with van der Waals surface area (Å²) in [5.74, 6) is -2.04. The van der Waals surface area contributed by atoms with E-state index >= 15 is 0 Å². The fraction of sp³-hybridized carbons (Fsp3) is 0.385. The normalized spacial score (nSPS) is 13.5. The van der Waals surface area contributed by atoms with Gasteiger partial charge in [-0.05, 0) is 38.1 Å². The first kappa shape index (κ1) is 15.1. The average molecular weight is 270 g/mol. The zero-order valence-electron chi connectivity index (χ0n) is 10.7. The number of carbonyl (C=O) groups is 2. The lowest BCUT2D eigenvalue weighted by Crippen LogP contribution is -2.40. The van der Waals surface area contributed by atoms with Gasteiger partial charge in [0.2, 0.25) is 0 Å². The summed E-state index contributed by atoms with van der Waals surface area (Å²) in [6.07, 6.45) is -0.552. The Bertz CT molecular complexity index is 453. The molecule has 19 heavy (non-hydrogen) atoms. The maximum absolute atomic E-state index is 12.6. The van der Waals surface area contributed by atoms with Crippen LogP contribution in [0.3, 0.4) is 0 Å². The Balaban J connectivity index is 2.59. The molecule has 0 saturated carbocycles. The summed E-state index contributed by atoms with van der Waals surface area (Å²) in [5, 5.41) is 9.77. The molecule has 1 unspecified atom stereocenters. The van der Waals surface area contributed by atoms with Crippen LogP contribution in [0.2, 0.25) is 0 Å². The second kappa shape index (κ2) is 6.29. The van der Waals surface area contributed by atoms with Gasteiger partial charge in [0.25, 0.3) is 0 Å². The van der Waals surface area contributed by atoms with E-state index in [2.05, 4.69) is 4.74 Å². The average Bonchev–Trinajstić information content (AvgIpc) is 2.31. The van der Waals surface area contributed by atoms with Crippen LogP contribution >= 0.6 is 0 Å². The quantitative estimate of drug-likeness (QED) is 0.647. The van der Waals surface area contributed by atoms with Crippen LogP contribution in [-0.2, 0) is 14.3 Å². The molecule has 6 heteroatoms. The smallest absolute Gasteiger partial charge is 0.338 e. The summed E-state index contributed by atoms with van der Waals surface area (Å²) in [4.78, 5) is 22.9. The minimum Gasteiger partial charge on any atom is -0.464 e. The molecular formula is C13H15FO5. The lowest BCUT2D eigenvalue weighted by atomic mass is 10.0. The fourth-order valence-electron chi connectivity index (χ4n) is 1.31. The summed E-state index contributed by atoms with van der Waals surface area (Å²) in [6.45, 7) is 2.85. The van der Waals surface area contributed by atoms with Crippen molar-refractivity contribution in [2.24, 2.45) is 0 Å². The van der Waals surface area contributed by atoms with Gasteiger partial charge in [0.05, 0.1) is 13.0 Å². The molecule has 0 bridgehead atoms. The van der Waals surface area contributed by atoms with Gasteiger partial charge in [0.15, 0.2) is 5.60 Å². The van der Waals surface area contributed by atoms with Gasteiger partial charge >= 0.3 is 11.9 Å². The van der Waals surface area contributed by atoms with E-state index in [0.29, 0.717) is 0 Å². The first-order valence-electron chi connectivity index (χ1n) is 5.71. The molecule has 0 aliphatic carbocycles. The molecule has 1 aromatic rings. The molecule has 0 aliphatic heterocycles. The Morgan fingerprint density at radius 3 is 2.42 bits per heavy atom. The molecule has 5 nitrogen and oxygen atoms in total. The molecule has 0 heterocycles. The molecule has 0 aromatic heterocycles. The zero-order valence-corrected chi connectivity index (χ0v) is 10.7. The molecule has 1 atom stereocenters.